The van der Waals surface area contributed by atoms with Crippen LogP contribution in [-0.2, 0) is 9.53 Å². The fourth-order valence-electron chi connectivity index (χ4n) is 2.99. The van der Waals surface area contributed by atoms with Gasteiger partial charge >= 0.3 is 5.97 Å². The van der Waals surface area contributed by atoms with E-state index in [1.165, 1.54) is 13.2 Å². The lowest BCUT2D eigenvalue weighted by molar-refractivity contribution is -0.111. The first-order valence-electron chi connectivity index (χ1n) is 9.76. The summed E-state index contributed by atoms with van der Waals surface area (Å²) in [5, 5.41) is 5.74. The molecule has 0 saturated carbocycles. The van der Waals surface area contributed by atoms with Gasteiger partial charge in [0.2, 0.25) is 5.91 Å². The number of hydrogen-bond acceptors (Lipinski definition) is 6. The van der Waals surface area contributed by atoms with Gasteiger partial charge in [-0.15, -0.1) is 11.3 Å². The van der Waals surface area contributed by atoms with Gasteiger partial charge in [0.25, 0.3) is 0 Å². The molecule has 0 aliphatic heterocycles. The minimum absolute atomic E-state index is 0.256. The van der Waals surface area contributed by atoms with Crippen molar-refractivity contribution in [3.63, 3.8) is 0 Å². The Balaban J connectivity index is 1.43. The van der Waals surface area contributed by atoms with Crippen LogP contribution < -0.4 is 5.32 Å². The highest BCUT2D eigenvalue weighted by Gasteiger charge is 2.08. The second-order valence-corrected chi connectivity index (χ2v) is 7.65. The number of benzene rings is 2. The third-order valence-electron chi connectivity index (χ3n) is 4.60. The van der Waals surface area contributed by atoms with Crippen LogP contribution in [0.25, 0.3) is 27.9 Å². The summed E-state index contributed by atoms with van der Waals surface area (Å²) < 4.78 is 4.68. The molecule has 0 fully saturated rings. The summed E-state index contributed by atoms with van der Waals surface area (Å²) >= 11 is 1.55. The molecule has 7 heteroatoms. The zero-order valence-corrected chi connectivity index (χ0v) is 18.0. The van der Waals surface area contributed by atoms with Crippen molar-refractivity contribution in [3.05, 3.63) is 95.6 Å². The van der Waals surface area contributed by atoms with Crippen LogP contribution in [0.15, 0.2) is 84.5 Å². The lowest BCUT2D eigenvalue weighted by Crippen LogP contribution is -2.07. The Morgan fingerprint density at radius 3 is 2.59 bits per heavy atom. The largest absolute Gasteiger partial charge is 0.465 e. The van der Waals surface area contributed by atoms with Crippen molar-refractivity contribution < 1.29 is 14.3 Å². The highest BCUT2D eigenvalue weighted by Crippen LogP contribution is 2.29. The summed E-state index contributed by atoms with van der Waals surface area (Å²) in [5.41, 5.74) is 4.65. The number of anilines is 1. The molecular formula is C25H19N3O3S. The van der Waals surface area contributed by atoms with E-state index >= 15 is 0 Å². The van der Waals surface area contributed by atoms with Crippen LogP contribution in [0.1, 0.15) is 15.9 Å². The van der Waals surface area contributed by atoms with Crippen molar-refractivity contribution in [2.45, 2.75) is 0 Å². The fourth-order valence-corrected chi connectivity index (χ4v) is 3.81. The van der Waals surface area contributed by atoms with Crippen molar-refractivity contribution in [1.82, 2.24) is 9.97 Å². The minimum Gasteiger partial charge on any atom is -0.465 e. The average Bonchev–Trinajstić information content (AvgIpc) is 3.34. The van der Waals surface area contributed by atoms with E-state index in [4.69, 9.17) is 4.98 Å². The van der Waals surface area contributed by atoms with Gasteiger partial charge < -0.3 is 10.1 Å². The zero-order chi connectivity index (χ0) is 22.3. The Labute approximate surface area is 189 Å². The van der Waals surface area contributed by atoms with Gasteiger partial charge in [-0.05, 0) is 48.0 Å². The van der Waals surface area contributed by atoms with Gasteiger partial charge in [0.05, 0.1) is 18.4 Å². The maximum absolute atomic E-state index is 12.4. The molecule has 158 valence electrons. The fraction of sp³-hybridized carbons (Fsp3) is 0.0400. The number of methoxy groups -OCH3 is 1. The lowest BCUT2D eigenvalue weighted by Gasteiger charge is -2.04. The van der Waals surface area contributed by atoms with Crippen LogP contribution in [0.4, 0.5) is 5.69 Å². The highest BCUT2D eigenvalue weighted by atomic mass is 32.1. The van der Waals surface area contributed by atoms with Crippen LogP contribution in [0.3, 0.4) is 0 Å². The minimum atomic E-state index is -0.397. The van der Waals surface area contributed by atoms with Gasteiger partial charge in [-0.25, -0.2) is 9.78 Å². The molecule has 1 N–H and O–H groups in total. The van der Waals surface area contributed by atoms with E-state index in [1.807, 2.05) is 41.8 Å². The van der Waals surface area contributed by atoms with Crippen molar-refractivity contribution >= 4 is 35.0 Å². The van der Waals surface area contributed by atoms with Crippen molar-refractivity contribution in [2.75, 3.05) is 12.4 Å². The van der Waals surface area contributed by atoms with Crippen LogP contribution in [0.2, 0.25) is 0 Å². The van der Waals surface area contributed by atoms with E-state index in [1.54, 1.807) is 54.1 Å². The van der Waals surface area contributed by atoms with E-state index in [0.717, 1.165) is 27.4 Å². The Hall–Kier alpha value is -4.10. The highest BCUT2D eigenvalue weighted by molar-refractivity contribution is 7.13. The number of nitrogens with one attached hydrogen (secondary N) is 1. The van der Waals surface area contributed by atoms with Crippen molar-refractivity contribution in [3.8, 4) is 21.8 Å². The third-order valence-corrected chi connectivity index (χ3v) is 5.49. The monoisotopic (exact) mass is 441 g/mol. The number of carbonyl (C=O) groups excluding carboxylic acids is 2. The molecule has 4 rings (SSSR count). The normalized spacial score (nSPS) is 10.8. The molecule has 4 aromatic rings. The molecule has 0 saturated heterocycles. The summed E-state index contributed by atoms with van der Waals surface area (Å²) in [6, 6.07) is 18.2. The van der Waals surface area contributed by atoms with Crippen molar-refractivity contribution in [2.24, 2.45) is 0 Å². The molecule has 32 heavy (non-hydrogen) atoms. The molecule has 2 heterocycles. The summed E-state index contributed by atoms with van der Waals surface area (Å²) in [6.45, 7) is 0. The maximum Gasteiger partial charge on any atom is 0.337 e. The quantitative estimate of drug-likeness (QED) is 0.324. The Bertz CT molecular complexity index is 1270. The predicted molar refractivity (Wildman–Crippen MR) is 126 cm³/mol. The molecular weight excluding hydrogens is 422 g/mol. The number of nitrogens with zero attached hydrogens (tertiary/aromatic N) is 2. The molecule has 0 aliphatic rings. The summed E-state index contributed by atoms with van der Waals surface area (Å²) in [4.78, 5) is 32.7. The van der Waals surface area contributed by atoms with Crippen molar-refractivity contribution in [1.29, 1.82) is 0 Å². The number of hydrogen-bond donors (Lipinski definition) is 1. The van der Waals surface area contributed by atoms with Gasteiger partial charge in [0.1, 0.15) is 5.01 Å². The van der Waals surface area contributed by atoms with Gasteiger partial charge in [-0.2, -0.15) is 0 Å². The van der Waals surface area contributed by atoms with Crippen LogP contribution in [0, 0.1) is 0 Å². The van der Waals surface area contributed by atoms with Gasteiger partial charge in [-0.1, -0.05) is 24.3 Å². The Morgan fingerprint density at radius 1 is 1.03 bits per heavy atom. The number of amides is 1. The molecule has 2 aromatic carbocycles. The number of rotatable bonds is 6. The van der Waals surface area contributed by atoms with E-state index in [-0.39, 0.29) is 5.91 Å². The topological polar surface area (TPSA) is 81.2 Å². The standard InChI is InChI=1S/C25H19N3O3S/c1-31-25(30)18-10-7-17(8-11-18)9-12-23(29)27-21-6-2-4-19(14-21)22-16-32-24(28-22)20-5-3-13-26-15-20/h2-16H,1H3,(H,27,29)/b12-9+. The van der Waals surface area contributed by atoms with Gasteiger partial charge in [0, 0.05) is 40.7 Å². The number of carbonyl (C=O) groups is 2. The molecule has 0 atom stereocenters. The smallest absolute Gasteiger partial charge is 0.337 e. The van der Waals surface area contributed by atoms with E-state index < -0.39 is 5.97 Å². The van der Waals surface area contributed by atoms with Crippen LogP contribution >= 0.6 is 11.3 Å². The molecule has 0 bridgehead atoms. The van der Waals surface area contributed by atoms with E-state index in [9.17, 15) is 9.59 Å². The first-order chi connectivity index (χ1) is 15.6. The number of pyridine rings is 1. The lowest BCUT2D eigenvalue weighted by atomic mass is 10.1. The predicted octanol–water partition coefficient (Wildman–Crippen LogP) is 5.31. The third kappa shape index (κ3) is 5.14. The van der Waals surface area contributed by atoms with E-state index in [2.05, 4.69) is 15.0 Å². The zero-order valence-electron chi connectivity index (χ0n) is 17.2. The molecule has 0 aliphatic carbocycles. The molecule has 0 unspecified atom stereocenters. The number of esters is 1. The molecule has 2 aromatic heterocycles. The molecule has 1 amide bonds. The Kier molecular flexibility index (Phi) is 6.48. The molecule has 0 spiro atoms. The molecule has 0 radical (unpaired) electrons. The summed E-state index contributed by atoms with van der Waals surface area (Å²) in [5.74, 6) is -0.653. The second-order valence-electron chi connectivity index (χ2n) is 6.80. The van der Waals surface area contributed by atoms with Gasteiger partial charge in [0.15, 0.2) is 0 Å². The van der Waals surface area contributed by atoms with Crippen LogP contribution in [0.5, 0.6) is 0 Å². The maximum atomic E-state index is 12.4. The first-order valence-corrected chi connectivity index (χ1v) is 10.6. The van der Waals surface area contributed by atoms with E-state index in [0.29, 0.717) is 11.3 Å². The average molecular weight is 442 g/mol. The van der Waals surface area contributed by atoms with Crippen LogP contribution in [-0.4, -0.2) is 29.0 Å². The number of thiazole rings is 1. The first kappa shape index (κ1) is 21.1. The molecule has 6 nitrogen and oxygen atoms in total. The second kappa shape index (κ2) is 9.80. The Morgan fingerprint density at radius 2 is 1.84 bits per heavy atom. The number of aromatic nitrogens is 2. The van der Waals surface area contributed by atoms with Gasteiger partial charge in [-0.3, -0.25) is 9.78 Å². The SMILES string of the molecule is COC(=O)c1ccc(/C=C/C(=O)Nc2cccc(-c3csc(-c4cccnc4)n3)c2)cc1. The number of ether oxygens (including phenoxy) is 1. The summed E-state index contributed by atoms with van der Waals surface area (Å²) in [6.07, 6.45) is 6.65. The summed E-state index contributed by atoms with van der Waals surface area (Å²) in [7, 11) is 1.34.